The third-order valence-electron chi connectivity index (χ3n) is 5.90. The number of aryl methyl sites for hydroxylation is 2. The Labute approximate surface area is 234 Å². The van der Waals surface area contributed by atoms with Crippen LogP contribution < -0.4 is 40.6 Å². The Morgan fingerprint density at radius 1 is 1.03 bits per heavy atom. The molecule has 0 heterocycles. The van der Waals surface area contributed by atoms with E-state index >= 15 is 0 Å². The second-order valence-corrected chi connectivity index (χ2v) is 10.4. The van der Waals surface area contributed by atoms with Crippen molar-refractivity contribution in [2.75, 3.05) is 11.1 Å². The van der Waals surface area contributed by atoms with Crippen molar-refractivity contribution in [1.82, 2.24) is 0 Å². The molecule has 0 aliphatic heterocycles. The number of rotatable bonds is 6. The number of nitrogens with one attached hydrogen (secondary N) is 1. The van der Waals surface area contributed by atoms with Crippen molar-refractivity contribution in [3.8, 4) is 0 Å². The molecule has 3 N–H and O–H groups in total. The minimum absolute atomic E-state index is 0. The minimum atomic E-state index is -5.03. The van der Waals surface area contributed by atoms with E-state index in [0.29, 0.717) is 10.2 Å². The molecular formula is C25H22BrN2NaO5S. The summed E-state index contributed by atoms with van der Waals surface area (Å²) in [5.41, 5.74) is 8.00. The van der Waals surface area contributed by atoms with Crippen LogP contribution in [0.25, 0.3) is 0 Å². The third-order valence-corrected chi connectivity index (χ3v) is 7.40. The molecule has 0 atom stereocenters. The molecule has 1 aliphatic carbocycles. The molecule has 0 saturated carbocycles. The number of hydrogen-bond acceptors (Lipinski definition) is 7. The largest absolute Gasteiger partial charge is 1.00 e. The molecule has 0 amide bonds. The zero-order valence-corrected chi connectivity index (χ0v) is 24.0. The van der Waals surface area contributed by atoms with E-state index in [-0.39, 0.29) is 57.5 Å². The summed E-state index contributed by atoms with van der Waals surface area (Å²) in [7, 11) is -5.03. The molecule has 0 saturated heterocycles. The Balaban J connectivity index is 0.00000342. The molecule has 7 nitrogen and oxygen atoms in total. The van der Waals surface area contributed by atoms with Crippen LogP contribution in [-0.2, 0) is 16.5 Å². The fourth-order valence-corrected chi connectivity index (χ4v) is 5.57. The number of anilines is 3. The van der Waals surface area contributed by atoms with Gasteiger partial charge in [0.2, 0.25) is 0 Å². The second kappa shape index (κ2) is 10.5. The van der Waals surface area contributed by atoms with Crippen LogP contribution in [0.15, 0.2) is 51.8 Å². The van der Waals surface area contributed by atoms with E-state index in [1.54, 1.807) is 12.1 Å². The Morgan fingerprint density at radius 2 is 1.63 bits per heavy atom. The molecule has 0 fully saturated rings. The normalized spacial score (nSPS) is 12.6. The average Bonchev–Trinajstić information content (AvgIpc) is 2.78. The van der Waals surface area contributed by atoms with Crippen molar-refractivity contribution >= 4 is 54.7 Å². The molecule has 0 spiro atoms. The maximum Gasteiger partial charge on any atom is 1.00 e. The zero-order valence-electron chi connectivity index (χ0n) is 19.6. The van der Waals surface area contributed by atoms with Crippen molar-refractivity contribution in [2.24, 2.45) is 0 Å². The summed E-state index contributed by atoms with van der Waals surface area (Å²) in [6.45, 7) is 3.99. The number of carbonyl (C=O) groups is 2. The fourth-order valence-electron chi connectivity index (χ4n) is 4.23. The minimum Gasteiger partial charge on any atom is -0.744 e. The standard InChI is InChI=1S/C25H23BrN2O5S.Na/c1-3-4-7-14-10-13(2)23(17(26)11-14)28-18-12-19(34(31,32)33)22(27)21-20(18)24(29)15-8-5-6-9-16(15)25(21)30;/h5-6,8-12,28H,3-4,7,27H2,1-2H3,(H,31,32,33);/q;+1/p-1. The van der Waals surface area contributed by atoms with E-state index in [0.717, 1.165) is 36.5 Å². The number of nitrogens with two attached hydrogens (primary N) is 1. The van der Waals surface area contributed by atoms with Gasteiger partial charge in [0.15, 0.2) is 11.6 Å². The van der Waals surface area contributed by atoms with E-state index in [9.17, 15) is 22.6 Å². The molecule has 0 radical (unpaired) electrons. The van der Waals surface area contributed by atoms with Crippen LogP contribution in [0, 0.1) is 6.92 Å². The maximum atomic E-state index is 13.4. The van der Waals surface area contributed by atoms with Crippen LogP contribution in [0.3, 0.4) is 0 Å². The Bertz CT molecular complexity index is 1450. The first kappa shape index (κ1) is 27.6. The maximum absolute atomic E-state index is 13.4. The van der Waals surface area contributed by atoms with Gasteiger partial charge in [-0.3, -0.25) is 9.59 Å². The van der Waals surface area contributed by atoms with E-state index in [4.69, 9.17) is 5.73 Å². The van der Waals surface area contributed by atoms with Gasteiger partial charge in [-0.15, -0.1) is 0 Å². The van der Waals surface area contributed by atoms with Gasteiger partial charge in [0, 0.05) is 15.6 Å². The number of unbranched alkanes of at least 4 members (excludes halogenated alkanes) is 1. The van der Waals surface area contributed by atoms with Crippen LogP contribution in [0.5, 0.6) is 0 Å². The summed E-state index contributed by atoms with van der Waals surface area (Å²) in [6.07, 6.45) is 2.99. The van der Waals surface area contributed by atoms with E-state index in [1.165, 1.54) is 12.1 Å². The summed E-state index contributed by atoms with van der Waals surface area (Å²) in [6, 6.07) is 11.2. The quantitative estimate of drug-likeness (QED) is 0.208. The SMILES string of the molecule is CCCCc1cc(C)c(Nc2cc(S(=O)(=O)[O-])c(N)c3c2C(=O)c2ccccc2C3=O)c(Br)c1.[Na+]. The van der Waals surface area contributed by atoms with Crippen LogP contribution in [0.4, 0.5) is 17.1 Å². The fraction of sp³-hybridized carbons (Fsp3) is 0.200. The molecule has 0 aromatic heterocycles. The molecule has 4 rings (SSSR count). The second-order valence-electron chi connectivity index (χ2n) is 8.24. The van der Waals surface area contributed by atoms with Gasteiger partial charge in [0.1, 0.15) is 10.1 Å². The van der Waals surface area contributed by atoms with Crippen LogP contribution >= 0.6 is 15.9 Å². The third kappa shape index (κ3) is 5.12. The summed E-state index contributed by atoms with van der Waals surface area (Å²) < 4.78 is 36.7. The topological polar surface area (TPSA) is 129 Å². The average molecular weight is 565 g/mol. The van der Waals surface area contributed by atoms with Gasteiger partial charge in [-0.2, -0.15) is 0 Å². The molecular weight excluding hydrogens is 543 g/mol. The van der Waals surface area contributed by atoms with Gasteiger partial charge in [0.05, 0.1) is 33.1 Å². The molecule has 1 aliphatic rings. The Kier molecular flexibility index (Phi) is 8.30. The number of ketones is 2. The van der Waals surface area contributed by atoms with Gasteiger partial charge in [0.25, 0.3) is 0 Å². The monoisotopic (exact) mass is 564 g/mol. The predicted octanol–water partition coefficient (Wildman–Crippen LogP) is 2.11. The van der Waals surface area contributed by atoms with Gasteiger partial charge in [-0.05, 0) is 59.0 Å². The van der Waals surface area contributed by atoms with Gasteiger partial charge in [-0.25, -0.2) is 8.42 Å². The van der Waals surface area contributed by atoms with Crippen molar-refractivity contribution in [2.45, 2.75) is 38.0 Å². The number of carbonyl (C=O) groups excluding carboxylic acids is 2. The van der Waals surface area contributed by atoms with Gasteiger partial charge < -0.3 is 15.6 Å². The number of benzene rings is 3. The van der Waals surface area contributed by atoms with Crippen molar-refractivity contribution in [3.63, 3.8) is 0 Å². The van der Waals surface area contributed by atoms with Crippen LogP contribution in [0.2, 0.25) is 0 Å². The predicted molar refractivity (Wildman–Crippen MR) is 133 cm³/mol. The van der Waals surface area contributed by atoms with Crippen LogP contribution in [0.1, 0.15) is 62.7 Å². The molecule has 0 bridgehead atoms. The van der Waals surface area contributed by atoms with E-state index < -0.39 is 32.3 Å². The summed E-state index contributed by atoms with van der Waals surface area (Å²) in [5.74, 6) is -1.09. The van der Waals surface area contributed by atoms with E-state index in [1.807, 2.05) is 19.1 Å². The number of halogens is 1. The van der Waals surface area contributed by atoms with E-state index in [2.05, 4.69) is 28.2 Å². The number of hydrogen-bond donors (Lipinski definition) is 2. The first-order valence-electron chi connectivity index (χ1n) is 10.7. The Hall–Kier alpha value is -2.01. The molecule has 3 aromatic carbocycles. The first-order chi connectivity index (χ1) is 16.0. The molecule has 10 heteroatoms. The number of fused-ring (bicyclic) bond motifs is 2. The molecule has 0 unspecified atom stereocenters. The molecule has 3 aromatic rings. The number of nitrogen functional groups attached to an aromatic ring is 1. The van der Waals surface area contributed by atoms with Gasteiger partial charge in [-0.1, -0.05) is 43.7 Å². The summed E-state index contributed by atoms with van der Waals surface area (Å²) >= 11 is 3.55. The molecule has 35 heavy (non-hydrogen) atoms. The smallest absolute Gasteiger partial charge is 0.744 e. The molecule has 176 valence electrons. The van der Waals surface area contributed by atoms with Gasteiger partial charge >= 0.3 is 29.6 Å². The summed E-state index contributed by atoms with van der Waals surface area (Å²) in [4.78, 5) is 26.0. The summed E-state index contributed by atoms with van der Waals surface area (Å²) in [5, 5.41) is 3.09. The van der Waals surface area contributed by atoms with Crippen molar-refractivity contribution < 1.29 is 52.1 Å². The van der Waals surface area contributed by atoms with Crippen LogP contribution in [-0.4, -0.2) is 24.5 Å². The van der Waals surface area contributed by atoms with Crippen molar-refractivity contribution in [1.29, 1.82) is 0 Å². The Morgan fingerprint density at radius 3 is 2.17 bits per heavy atom. The first-order valence-corrected chi connectivity index (χ1v) is 12.9. The van der Waals surface area contributed by atoms with Crippen molar-refractivity contribution in [3.05, 3.63) is 80.3 Å². The zero-order chi connectivity index (χ0) is 24.8.